The fourth-order valence-corrected chi connectivity index (χ4v) is 2.17. The summed E-state index contributed by atoms with van der Waals surface area (Å²) in [6.07, 6.45) is 0.694. The molecular weight excluding hydrogens is 214 g/mol. The molecule has 1 fully saturated rings. The highest BCUT2D eigenvalue weighted by Crippen LogP contribution is 2.34. The van der Waals surface area contributed by atoms with Crippen molar-refractivity contribution >= 4 is 5.97 Å². The average molecular weight is 238 g/mol. The van der Waals surface area contributed by atoms with E-state index in [2.05, 4.69) is 5.32 Å². The highest BCUT2D eigenvalue weighted by Gasteiger charge is 2.42. The highest BCUT2D eigenvalue weighted by molar-refractivity contribution is 5.83. The number of benzene rings is 1. The van der Waals surface area contributed by atoms with Crippen molar-refractivity contribution in [2.24, 2.45) is 0 Å². The van der Waals surface area contributed by atoms with E-state index in [1.54, 1.807) is 6.92 Å². The number of nitrogens with one attached hydrogen (secondary N) is 1. The van der Waals surface area contributed by atoms with Crippen LogP contribution in [0.15, 0.2) is 30.2 Å². The van der Waals surface area contributed by atoms with Gasteiger partial charge in [-0.1, -0.05) is 30.2 Å². The number of piperidine rings is 1. The number of hydrogen-bond donors (Lipinski definition) is 1. The van der Waals surface area contributed by atoms with Crippen LogP contribution in [0.4, 0.5) is 0 Å². The van der Waals surface area contributed by atoms with E-state index >= 15 is 0 Å². The standard InChI is InChI=1S/C14H19NO2/c1-2-17-13(16)14(8-10-15-11-9-14)12-6-4-3-5-7-12/h3-7,15H,2,8-11H2,1H3/i3D,4D,5D,6D,7D. The molecule has 1 aliphatic rings. The Balaban J connectivity index is 2.70. The molecule has 1 saturated heterocycles. The molecule has 0 spiro atoms. The number of esters is 1. The average Bonchev–Trinajstić information content (AvgIpc) is 2.52. The molecule has 3 heteroatoms. The normalized spacial score (nSPS) is 22.8. The largest absolute Gasteiger partial charge is 0.465 e. The number of carbonyl (C=O) groups is 1. The van der Waals surface area contributed by atoms with Gasteiger partial charge >= 0.3 is 5.97 Å². The van der Waals surface area contributed by atoms with Gasteiger partial charge < -0.3 is 10.1 Å². The predicted octanol–water partition coefficient (Wildman–Crippen LogP) is 1.87. The van der Waals surface area contributed by atoms with E-state index in [0.717, 1.165) is 0 Å². The maximum absolute atomic E-state index is 12.5. The minimum atomic E-state index is -1.19. The summed E-state index contributed by atoms with van der Waals surface area (Å²) in [5, 5.41) is 3.12. The quantitative estimate of drug-likeness (QED) is 0.817. The van der Waals surface area contributed by atoms with Crippen LogP contribution in [0.25, 0.3) is 0 Å². The van der Waals surface area contributed by atoms with Gasteiger partial charge in [-0.3, -0.25) is 4.79 Å². The molecule has 17 heavy (non-hydrogen) atoms. The third-order valence-electron chi connectivity index (χ3n) is 3.10. The molecule has 1 aliphatic heterocycles. The smallest absolute Gasteiger partial charge is 0.316 e. The summed E-state index contributed by atoms with van der Waals surface area (Å²) in [5.41, 5.74) is -1.13. The zero-order valence-electron chi connectivity index (χ0n) is 14.9. The molecule has 3 nitrogen and oxygen atoms in total. The van der Waals surface area contributed by atoms with Crippen molar-refractivity contribution in [3.05, 3.63) is 35.8 Å². The van der Waals surface area contributed by atoms with Crippen molar-refractivity contribution in [2.45, 2.75) is 25.2 Å². The Morgan fingerprint density at radius 2 is 2.06 bits per heavy atom. The molecule has 2 rings (SSSR count). The summed E-state index contributed by atoms with van der Waals surface area (Å²) in [7, 11) is 0. The number of hydrogen-bond acceptors (Lipinski definition) is 3. The minimum Gasteiger partial charge on any atom is -0.465 e. The second-order valence-electron chi connectivity index (χ2n) is 4.05. The lowest BCUT2D eigenvalue weighted by Crippen LogP contribution is -2.46. The molecule has 0 unspecified atom stereocenters. The van der Waals surface area contributed by atoms with Crippen molar-refractivity contribution in [3.63, 3.8) is 0 Å². The van der Waals surface area contributed by atoms with Gasteiger partial charge in [0.05, 0.1) is 18.9 Å². The SMILES string of the molecule is [2H]c1c([2H])c([2H])c(C2(C(=O)OCC)CCNCC2)c([2H])c1[2H]. The van der Waals surface area contributed by atoms with Crippen LogP contribution in [-0.2, 0) is 14.9 Å². The molecule has 0 aromatic heterocycles. The van der Waals surface area contributed by atoms with E-state index in [1.807, 2.05) is 0 Å². The predicted molar refractivity (Wildman–Crippen MR) is 66.9 cm³/mol. The Bertz CT molecular complexity index is 570. The second-order valence-corrected chi connectivity index (χ2v) is 4.05. The third-order valence-corrected chi connectivity index (χ3v) is 3.10. The lowest BCUT2D eigenvalue weighted by atomic mass is 9.73. The Morgan fingerprint density at radius 3 is 2.65 bits per heavy atom. The van der Waals surface area contributed by atoms with Crippen molar-refractivity contribution in [3.8, 4) is 0 Å². The molecule has 0 bridgehead atoms. The minimum absolute atomic E-state index is 0.0541. The van der Waals surface area contributed by atoms with Crippen molar-refractivity contribution in [1.82, 2.24) is 5.32 Å². The van der Waals surface area contributed by atoms with Gasteiger partial charge in [-0.05, 0) is 38.4 Å². The Labute approximate surface area is 109 Å². The monoisotopic (exact) mass is 238 g/mol. The Hall–Kier alpha value is -1.35. The maximum Gasteiger partial charge on any atom is 0.316 e. The van der Waals surface area contributed by atoms with Gasteiger partial charge in [0, 0.05) is 0 Å². The molecule has 1 aromatic rings. The summed E-state index contributed by atoms with van der Waals surface area (Å²) in [5.74, 6) is -0.518. The van der Waals surface area contributed by atoms with Crippen LogP contribution in [0.5, 0.6) is 0 Å². The summed E-state index contributed by atoms with van der Waals surface area (Å²) < 4.78 is 44.7. The van der Waals surface area contributed by atoms with Gasteiger partial charge in [0.25, 0.3) is 0 Å². The first kappa shape index (κ1) is 7.17. The van der Waals surface area contributed by atoms with E-state index in [-0.39, 0.29) is 24.3 Å². The Kier molecular flexibility index (Phi) is 2.24. The molecule has 1 N–H and O–H groups in total. The van der Waals surface area contributed by atoms with E-state index in [0.29, 0.717) is 25.9 Å². The van der Waals surface area contributed by atoms with E-state index in [4.69, 9.17) is 11.6 Å². The van der Waals surface area contributed by atoms with Crippen molar-refractivity contribution in [1.29, 1.82) is 0 Å². The summed E-state index contributed by atoms with van der Waals surface area (Å²) >= 11 is 0. The second kappa shape index (κ2) is 5.32. The molecule has 0 radical (unpaired) electrons. The van der Waals surface area contributed by atoms with Crippen LogP contribution in [0, 0.1) is 0 Å². The number of rotatable bonds is 3. The maximum atomic E-state index is 12.5. The molecule has 1 heterocycles. The lowest BCUT2D eigenvalue weighted by Gasteiger charge is -2.35. The third kappa shape index (κ3) is 2.34. The highest BCUT2D eigenvalue weighted by atomic mass is 16.5. The van der Waals surface area contributed by atoms with Gasteiger partial charge in [0.15, 0.2) is 0 Å². The molecule has 0 atom stereocenters. The molecule has 0 aliphatic carbocycles. The first-order valence-corrected chi connectivity index (χ1v) is 5.82. The molecule has 0 amide bonds. The van der Waals surface area contributed by atoms with Crippen LogP contribution >= 0.6 is 0 Å². The summed E-state index contributed by atoms with van der Waals surface area (Å²) in [6.45, 7) is 2.93. The van der Waals surface area contributed by atoms with Gasteiger partial charge in [-0.25, -0.2) is 0 Å². The molecule has 1 aromatic carbocycles. The van der Waals surface area contributed by atoms with Crippen LogP contribution in [0.3, 0.4) is 0 Å². The summed E-state index contributed by atoms with van der Waals surface area (Å²) in [6, 6.07) is -1.93. The fourth-order valence-electron chi connectivity index (χ4n) is 2.17. The van der Waals surface area contributed by atoms with Gasteiger partial charge in [-0.15, -0.1) is 0 Å². The van der Waals surface area contributed by atoms with E-state index < -0.39 is 29.5 Å². The Morgan fingerprint density at radius 1 is 1.41 bits per heavy atom. The first-order valence-electron chi connectivity index (χ1n) is 8.32. The number of carbonyl (C=O) groups excluding carboxylic acids is 1. The van der Waals surface area contributed by atoms with E-state index in [9.17, 15) is 4.79 Å². The zero-order chi connectivity index (χ0) is 16.5. The van der Waals surface area contributed by atoms with Gasteiger partial charge in [0.1, 0.15) is 0 Å². The van der Waals surface area contributed by atoms with Crippen LogP contribution in [0.2, 0.25) is 0 Å². The first-order chi connectivity index (χ1) is 10.4. The lowest BCUT2D eigenvalue weighted by molar-refractivity contribution is -0.151. The topological polar surface area (TPSA) is 38.3 Å². The zero-order valence-corrected chi connectivity index (χ0v) is 9.85. The molecular formula is C14H19NO2. The molecule has 0 saturated carbocycles. The van der Waals surface area contributed by atoms with Crippen LogP contribution < -0.4 is 5.32 Å². The molecule has 92 valence electrons. The van der Waals surface area contributed by atoms with Gasteiger partial charge in [-0.2, -0.15) is 0 Å². The van der Waals surface area contributed by atoms with Crippen molar-refractivity contribution < 1.29 is 16.4 Å². The van der Waals surface area contributed by atoms with E-state index in [1.165, 1.54) is 0 Å². The van der Waals surface area contributed by atoms with Gasteiger partial charge in [0.2, 0.25) is 0 Å². The summed E-state index contributed by atoms with van der Waals surface area (Å²) in [4.78, 5) is 12.5. The van der Waals surface area contributed by atoms with Crippen LogP contribution in [0.1, 0.15) is 32.2 Å². The van der Waals surface area contributed by atoms with Crippen molar-refractivity contribution in [2.75, 3.05) is 19.7 Å². The number of ether oxygens (including phenoxy) is 1. The van der Waals surface area contributed by atoms with Crippen LogP contribution in [-0.4, -0.2) is 25.7 Å². The fraction of sp³-hybridized carbons (Fsp3) is 0.500.